The lowest BCUT2D eigenvalue weighted by Gasteiger charge is -2.08. The number of ether oxygens (including phenoxy) is 1. The molecule has 0 saturated carbocycles. The van der Waals surface area contributed by atoms with Crippen LogP contribution in [0.2, 0.25) is 5.02 Å². The number of carbonyl (C=O) groups excluding carboxylic acids is 1. The average Bonchev–Trinajstić information content (AvgIpc) is 2.46. The van der Waals surface area contributed by atoms with Crippen LogP contribution < -0.4 is 15.8 Å². The number of nitrogens with one attached hydrogen (secondary N) is 1. The molecule has 0 aliphatic heterocycles. The van der Waals surface area contributed by atoms with Crippen molar-refractivity contribution in [2.75, 3.05) is 18.9 Å². The molecule has 1 aromatic carbocycles. The fraction of sp³-hybridized carbons (Fsp3) is 0.143. The van der Waals surface area contributed by atoms with Gasteiger partial charge in [0.15, 0.2) is 0 Å². The van der Waals surface area contributed by atoms with E-state index in [9.17, 15) is 4.79 Å². The van der Waals surface area contributed by atoms with E-state index in [1.54, 1.807) is 30.3 Å². The number of anilines is 1. The molecule has 0 bridgehead atoms. The number of aromatic nitrogens is 1. The van der Waals surface area contributed by atoms with Crippen LogP contribution in [0.25, 0.3) is 0 Å². The van der Waals surface area contributed by atoms with Crippen LogP contribution in [0, 0.1) is 0 Å². The largest absolute Gasteiger partial charge is 0.492 e. The minimum atomic E-state index is -0.252. The molecule has 2 aromatic rings. The lowest BCUT2D eigenvalue weighted by molar-refractivity contribution is 0.0947. The highest BCUT2D eigenvalue weighted by Gasteiger charge is 2.08. The topological polar surface area (TPSA) is 77.2 Å². The summed E-state index contributed by atoms with van der Waals surface area (Å²) >= 11 is 5.88. The van der Waals surface area contributed by atoms with Crippen molar-refractivity contribution in [1.29, 1.82) is 0 Å². The molecule has 2 rings (SSSR count). The molecule has 6 heteroatoms. The zero-order chi connectivity index (χ0) is 14.4. The van der Waals surface area contributed by atoms with Crippen molar-refractivity contribution in [2.45, 2.75) is 0 Å². The molecule has 1 aromatic heterocycles. The number of nitrogens with zero attached hydrogens (tertiary/aromatic N) is 1. The minimum Gasteiger partial charge on any atom is -0.492 e. The van der Waals surface area contributed by atoms with Gasteiger partial charge >= 0.3 is 0 Å². The first kappa shape index (κ1) is 14.1. The highest BCUT2D eigenvalue weighted by molar-refractivity contribution is 6.33. The van der Waals surface area contributed by atoms with Gasteiger partial charge in [0.2, 0.25) is 0 Å². The maximum atomic E-state index is 11.8. The normalized spacial score (nSPS) is 10.1. The van der Waals surface area contributed by atoms with E-state index >= 15 is 0 Å². The SMILES string of the molecule is Nc1ccc(OCCNC(=O)c2ccncc2Cl)cc1. The van der Waals surface area contributed by atoms with Crippen LogP contribution >= 0.6 is 11.6 Å². The van der Waals surface area contributed by atoms with Crippen LogP contribution in [0.3, 0.4) is 0 Å². The summed E-state index contributed by atoms with van der Waals surface area (Å²) < 4.78 is 5.46. The van der Waals surface area contributed by atoms with E-state index in [0.717, 1.165) is 0 Å². The monoisotopic (exact) mass is 291 g/mol. The van der Waals surface area contributed by atoms with E-state index in [0.29, 0.717) is 35.2 Å². The zero-order valence-electron chi connectivity index (χ0n) is 10.7. The van der Waals surface area contributed by atoms with Crippen LogP contribution in [-0.2, 0) is 0 Å². The summed E-state index contributed by atoms with van der Waals surface area (Å²) in [6.07, 6.45) is 2.95. The summed E-state index contributed by atoms with van der Waals surface area (Å²) in [6, 6.07) is 8.63. The zero-order valence-corrected chi connectivity index (χ0v) is 11.4. The summed E-state index contributed by atoms with van der Waals surface area (Å²) in [5, 5.41) is 3.04. The Bertz CT molecular complexity index is 587. The van der Waals surface area contributed by atoms with Crippen LogP contribution in [0.1, 0.15) is 10.4 Å². The molecule has 1 heterocycles. The van der Waals surface area contributed by atoms with Crippen molar-refractivity contribution in [1.82, 2.24) is 10.3 Å². The maximum absolute atomic E-state index is 11.8. The number of nitrogen functional groups attached to an aromatic ring is 1. The van der Waals surface area contributed by atoms with E-state index in [2.05, 4.69) is 10.3 Å². The molecule has 104 valence electrons. The Kier molecular flexibility index (Phi) is 4.79. The molecule has 0 fully saturated rings. The van der Waals surface area contributed by atoms with E-state index in [4.69, 9.17) is 22.1 Å². The summed E-state index contributed by atoms with van der Waals surface area (Å²) in [5.74, 6) is 0.452. The van der Waals surface area contributed by atoms with Gasteiger partial charge in [-0.05, 0) is 30.3 Å². The highest BCUT2D eigenvalue weighted by Crippen LogP contribution is 2.13. The molecule has 1 amide bonds. The number of carbonyl (C=O) groups is 1. The lowest BCUT2D eigenvalue weighted by Crippen LogP contribution is -2.28. The first-order valence-corrected chi connectivity index (χ1v) is 6.40. The highest BCUT2D eigenvalue weighted by atomic mass is 35.5. The number of hydrogen-bond acceptors (Lipinski definition) is 4. The van der Waals surface area contributed by atoms with E-state index < -0.39 is 0 Å². The Balaban J connectivity index is 1.77. The molecule has 0 radical (unpaired) electrons. The van der Waals surface area contributed by atoms with Crippen LogP contribution in [0.5, 0.6) is 5.75 Å². The molecule has 3 N–H and O–H groups in total. The fourth-order valence-corrected chi connectivity index (χ4v) is 1.76. The first-order valence-electron chi connectivity index (χ1n) is 6.03. The molecular weight excluding hydrogens is 278 g/mol. The Morgan fingerprint density at radius 1 is 1.30 bits per heavy atom. The summed E-state index contributed by atoms with van der Waals surface area (Å²) in [6.45, 7) is 0.736. The van der Waals surface area contributed by atoms with Gasteiger partial charge in [-0.25, -0.2) is 0 Å². The molecular formula is C14H14ClN3O2. The van der Waals surface area contributed by atoms with Crippen LogP contribution in [0.15, 0.2) is 42.7 Å². The van der Waals surface area contributed by atoms with Gasteiger partial charge in [-0.1, -0.05) is 11.6 Å². The van der Waals surface area contributed by atoms with Gasteiger partial charge in [-0.2, -0.15) is 0 Å². The van der Waals surface area contributed by atoms with E-state index in [1.807, 2.05) is 0 Å². The Hall–Kier alpha value is -2.27. The molecule has 20 heavy (non-hydrogen) atoms. The molecule has 0 atom stereocenters. The smallest absolute Gasteiger partial charge is 0.253 e. The third kappa shape index (κ3) is 3.86. The number of pyridine rings is 1. The van der Waals surface area contributed by atoms with Crippen molar-refractivity contribution in [2.24, 2.45) is 0 Å². The maximum Gasteiger partial charge on any atom is 0.253 e. The van der Waals surface area contributed by atoms with Crippen LogP contribution in [-0.4, -0.2) is 24.0 Å². The average molecular weight is 292 g/mol. The standard InChI is InChI=1S/C14H14ClN3O2/c15-13-9-17-6-5-12(13)14(19)18-7-8-20-11-3-1-10(16)2-4-11/h1-6,9H,7-8,16H2,(H,18,19). The second-order valence-corrected chi connectivity index (χ2v) is 4.44. The second-order valence-electron chi connectivity index (χ2n) is 4.03. The Morgan fingerprint density at radius 3 is 2.75 bits per heavy atom. The number of benzene rings is 1. The number of halogens is 1. The number of hydrogen-bond donors (Lipinski definition) is 2. The Labute approximate surface area is 121 Å². The van der Waals surface area contributed by atoms with Crippen molar-refractivity contribution in [3.8, 4) is 5.75 Å². The summed E-state index contributed by atoms with van der Waals surface area (Å²) in [4.78, 5) is 15.6. The predicted molar refractivity (Wildman–Crippen MR) is 77.9 cm³/mol. The minimum absolute atomic E-state index is 0.252. The molecule has 0 aliphatic rings. The number of amides is 1. The number of rotatable bonds is 5. The van der Waals surface area contributed by atoms with Gasteiger partial charge in [0.05, 0.1) is 17.1 Å². The van der Waals surface area contributed by atoms with Crippen molar-refractivity contribution >= 4 is 23.2 Å². The first-order chi connectivity index (χ1) is 9.66. The summed E-state index contributed by atoms with van der Waals surface area (Å²) in [5.41, 5.74) is 6.65. The Morgan fingerprint density at radius 2 is 2.05 bits per heavy atom. The quantitative estimate of drug-likeness (QED) is 0.653. The van der Waals surface area contributed by atoms with E-state index in [1.165, 1.54) is 12.4 Å². The third-order valence-corrected chi connectivity index (χ3v) is 2.85. The fourth-order valence-electron chi connectivity index (χ4n) is 1.55. The molecule has 0 spiro atoms. The second kappa shape index (κ2) is 6.77. The van der Waals surface area contributed by atoms with E-state index in [-0.39, 0.29) is 5.91 Å². The van der Waals surface area contributed by atoms with Gasteiger partial charge in [-0.3, -0.25) is 9.78 Å². The third-order valence-electron chi connectivity index (χ3n) is 2.55. The number of nitrogens with two attached hydrogens (primary N) is 1. The summed E-state index contributed by atoms with van der Waals surface area (Å²) in [7, 11) is 0. The van der Waals surface area contributed by atoms with Crippen molar-refractivity contribution in [3.63, 3.8) is 0 Å². The van der Waals surface area contributed by atoms with Crippen molar-refractivity contribution < 1.29 is 9.53 Å². The van der Waals surface area contributed by atoms with Gasteiger partial charge in [-0.15, -0.1) is 0 Å². The van der Waals surface area contributed by atoms with Gasteiger partial charge in [0.1, 0.15) is 12.4 Å². The predicted octanol–water partition coefficient (Wildman–Crippen LogP) is 2.13. The molecule has 0 aliphatic carbocycles. The molecule has 5 nitrogen and oxygen atoms in total. The molecule has 0 saturated heterocycles. The van der Waals surface area contributed by atoms with Gasteiger partial charge < -0.3 is 15.8 Å². The van der Waals surface area contributed by atoms with Gasteiger partial charge in [0, 0.05) is 18.1 Å². The molecule has 0 unspecified atom stereocenters. The van der Waals surface area contributed by atoms with Crippen molar-refractivity contribution in [3.05, 3.63) is 53.3 Å². The van der Waals surface area contributed by atoms with Gasteiger partial charge in [0.25, 0.3) is 5.91 Å². The lowest BCUT2D eigenvalue weighted by atomic mass is 10.2. The van der Waals surface area contributed by atoms with Crippen LogP contribution in [0.4, 0.5) is 5.69 Å².